The summed E-state index contributed by atoms with van der Waals surface area (Å²) in [6.45, 7) is 0. The average molecular weight is 187 g/mol. The molecule has 70 valence electrons. The van der Waals surface area contributed by atoms with Crippen LogP contribution in [0, 0.1) is 0 Å². The zero-order valence-electron chi connectivity index (χ0n) is 7.71. The molecule has 0 saturated carbocycles. The van der Waals surface area contributed by atoms with Crippen LogP contribution in [0.5, 0.6) is 0 Å². The van der Waals surface area contributed by atoms with Gasteiger partial charge in [-0.05, 0) is 6.07 Å². The first-order chi connectivity index (χ1) is 6.79. The van der Waals surface area contributed by atoms with Gasteiger partial charge in [0.25, 0.3) is 0 Å². The number of carbonyl (C=O) groups excluding carboxylic acids is 1. The van der Waals surface area contributed by atoms with E-state index in [1.54, 1.807) is 23.1 Å². The standard InChI is InChI=1S/C10H9N3O/c1-13-6-9(5-12-13)8-2-3-10(7-14)11-4-8/h2-7H,1H3. The maximum absolute atomic E-state index is 10.4. The zero-order chi connectivity index (χ0) is 9.97. The highest BCUT2D eigenvalue weighted by Crippen LogP contribution is 2.16. The number of nitrogens with zero attached hydrogens (tertiary/aromatic N) is 3. The fourth-order valence-corrected chi connectivity index (χ4v) is 1.22. The van der Waals surface area contributed by atoms with E-state index in [4.69, 9.17) is 0 Å². The largest absolute Gasteiger partial charge is 0.296 e. The molecule has 0 bridgehead atoms. The lowest BCUT2D eigenvalue weighted by molar-refractivity contribution is 0.111. The third-order valence-electron chi connectivity index (χ3n) is 1.95. The maximum atomic E-state index is 10.4. The second-order valence-electron chi connectivity index (χ2n) is 2.99. The third-order valence-corrected chi connectivity index (χ3v) is 1.95. The average Bonchev–Trinajstić information content (AvgIpc) is 2.65. The van der Waals surface area contributed by atoms with Gasteiger partial charge in [0.1, 0.15) is 5.69 Å². The van der Waals surface area contributed by atoms with Crippen LogP contribution in [-0.4, -0.2) is 21.1 Å². The van der Waals surface area contributed by atoms with E-state index in [2.05, 4.69) is 10.1 Å². The van der Waals surface area contributed by atoms with Crippen molar-refractivity contribution in [1.82, 2.24) is 14.8 Å². The molecule has 0 aromatic carbocycles. The van der Waals surface area contributed by atoms with Gasteiger partial charge in [-0.15, -0.1) is 0 Å². The fraction of sp³-hybridized carbons (Fsp3) is 0.100. The third kappa shape index (κ3) is 1.54. The van der Waals surface area contributed by atoms with Crippen molar-refractivity contribution in [3.8, 4) is 11.1 Å². The molecule has 0 N–H and O–H groups in total. The summed E-state index contributed by atoms with van der Waals surface area (Å²) in [5.41, 5.74) is 2.40. The molecule has 2 aromatic rings. The van der Waals surface area contributed by atoms with Crippen LogP contribution in [0.2, 0.25) is 0 Å². The second kappa shape index (κ2) is 3.41. The van der Waals surface area contributed by atoms with Crippen LogP contribution >= 0.6 is 0 Å². The molecular weight excluding hydrogens is 178 g/mol. The molecule has 2 heterocycles. The Morgan fingerprint density at radius 3 is 2.64 bits per heavy atom. The van der Waals surface area contributed by atoms with Gasteiger partial charge in [-0.1, -0.05) is 6.07 Å². The van der Waals surface area contributed by atoms with Crippen molar-refractivity contribution in [2.75, 3.05) is 0 Å². The number of aldehydes is 1. The van der Waals surface area contributed by atoms with Crippen LogP contribution < -0.4 is 0 Å². The SMILES string of the molecule is Cn1cc(-c2ccc(C=O)nc2)cn1. The van der Waals surface area contributed by atoms with E-state index < -0.39 is 0 Å². The van der Waals surface area contributed by atoms with Gasteiger partial charge in [0.05, 0.1) is 6.20 Å². The normalized spacial score (nSPS) is 10.1. The van der Waals surface area contributed by atoms with Gasteiger partial charge in [-0.2, -0.15) is 5.10 Å². The zero-order valence-corrected chi connectivity index (χ0v) is 7.71. The highest BCUT2D eigenvalue weighted by atomic mass is 16.1. The van der Waals surface area contributed by atoms with Gasteiger partial charge in [-0.25, -0.2) is 0 Å². The molecule has 0 aliphatic carbocycles. The van der Waals surface area contributed by atoms with Crippen LogP contribution in [0.4, 0.5) is 0 Å². The van der Waals surface area contributed by atoms with Gasteiger partial charge in [0, 0.05) is 30.6 Å². The van der Waals surface area contributed by atoms with Crippen LogP contribution in [0.15, 0.2) is 30.7 Å². The summed E-state index contributed by atoms with van der Waals surface area (Å²) >= 11 is 0. The highest BCUT2D eigenvalue weighted by Gasteiger charge is 2.00. The van der Waals surface area contributed by atoms with Crippen molar-refractivity contribution in [3.05, 3.63) is 36.4 Å². The summed E-state index contributed by atoms with van der Waals surface area (Å²) in [5.74, 6) is 0. The van der Waals surface area contributed by atoms with Crippen molar-refractivity contribution in [2.24, 2.45) is 7.05 Å². The Kier molecular flexibility index (Phi) is 2.10. The summed E-state index contributed by atoms with van der Waals surface area (Å²) < 4.78 is 1.73. The predicted octanol–water partition coefficient (Wildman–Crippen LogP) is 1.29. The number of carbonyl (C=O) groups is 1. The Morgan fingerprint density at radius 2 is 2.14 bits per heavy atom. The topological polar surface area (TPSA) is 47.8 Å². The van der Waals surface area contributed by atoms with E-state index in [-0.39, 0.29) is 0 Å². The van der Waals surface area contributed by atoms with E-state index in [1.807, 2.05) is 19.3 Å². The predicted molar refractivity (Wildman–Crippen MR) is 51.8 cm³/mol. The Labute approximate surface area is 81.2 Å². The van der Waals surface area contributed by atoms with Crippen LogP contribution in [0.3, 0.4) is 0 Å². The molecule has 0 amide bonds. The Bertz CT molecular complexity index is 445. The number of hydrogen-bond donors (Lipinski definition) is 0. The van der Waals surface area contributed by atoms with E-state index in [0.29, 0.717) is 5.69 Å². The molecule has 0 fully saturated rings. The fourth-order valence-electron chi connectivity index (χ4n) is 1.22. The van der Waals surface area contributed by atoms with Crippen molar-refractivity contribution < 1.29 is 4.79 Å². The van der Waals surface area contributed by atoms with Crippen LogP contribution in [-0.2, 0) is 7.05 Å². The van der Waals surface area contributed by atoms with E-state index in [1.165, 1.54) is 0 Å². The first kappa shape index (κ1) is 8.62. The van der Waals surface area contributed by atoms with Crippen molar-refractivity contribution in [2.45, 2.75) is 0 Å². The minimum absolute atomic E-state index is 0.442. The lowest BCUT2D eigenvalue weighted by atomic mass is 10.1. The molecule has 0 unspecified atom stereocenters. The van der Waals surface area contributed by atoms with Crippen LogP contribution in [0.25, 0.3) is 11.1 Å². The minimum atomic E-state index is 0.442. The quantitative estimate of drug-likeness (QED) is 0.665. The maximum Gasteiger partial charge on any atom is 0.168 e. The second-order valence-corrected chi connectivity index (χ2v) is 2.99. The molecule has 2 rings (SSSR count). The van der Waals surface area contributed by atoms with Gasteiger partial charge in [-0.3, -0.25) is 14.5 Å². The Hall–Kier alpha value is -1.97. The van der Waals surface area contributed by atoms with Gasteiger partial charge >= 0.3 is 0 Å². The number of pyridine rings is 1. The molecular formula is C10H9N3O. The van der Waals surface area contributed by atoms with Gasteiger partial charge < -0.3 is 0 Å². The molecule has 0 aliphatic heterocycles. The van der Waals surface area contributed by atoms with E-state index >= 15 is 0 Å². The molecule has 4 nitrogen and oxygen atoms in total. The lowest BCUT2D eigenvalue weighted by Gasteiger charge is -1.95. The molecule has 0 atom stereocenters. The minimum Gasteiger partial charge on any atom is -0.296 e. The Morgan fingerprint density at radius 1 is 1.29 bits per heavy atom. The van der Waals surface area contributed by atoms with Crippen molar-refractivity contribution >= 4 is 6.29 Å². The summed E-state index contributed by atoms with van der Waals surface area (Å²) in [6.07, 6.45) is 6.06. The molecule has 0 aliphatic rings. The van der Waals surface area contributed by atoms with Gasteiger partial charge in [0.15, 0.2) is 6.29 Å². The molecule has 0 spiro atoms. The molecule has 0 saturated heterocycles. The summed E-state index contributed by atoms with van der Waals surface area (Å²) in [7, 11) is 1.86. The molecule has 2 aromatic heterocycles. The monoisotopic (exact) mass is 187 g/mol. The molecule has 14 heavy (non-hydrogen) atoms. The van der Waals surface area contributed by atoms with Crippen LogP contribution in [0.1, 0.15) is 10.5 Å². The molecule has 4 heteroatoms. The number of hydrogen-bond acceptors (Lipinski definition) is 3. The van der Waals surface area contributed by atoms with Crippen molar-refractivity contribution in [3.63, 3.8) is 0 Å². The van der Waals surface area contributed by atoms with Gasteiger partial charge in [0.2, 0.25) is 0 Å². The highest BCUT2D eigenvalue weighted by molar-refractivity contribution is 5.73. The first-order valence-electron chi connectivity index (χ1n) is 4.20. The smallest absolute Gasteiger partial charge is 0.168 e. The number of rotatable bonds is 2. The Balaban J connectivity index is 2.38. The van der Waals surface area contributed by atoms with Crippen molar-refractivity contribution in [1.29, 1.82) is 0 Å². The summed E-state index contributed by atoms with van der Waals surface area (Å²) in [5, 5.41) is 4.05. The summed E-state index contributed by atoms with van der Waals surface area (Å²) in [4.78, 5) is 14.4. The molecule has 0 radical (unpaired) electrons. The van der Waals surface area contributed by atoms with E-state index in [9.17, 15) is 4.79 Å². The van der Waals surface area contributed by atoms with E-state index in [0.717, 1.165) is 17.4 Å². The lowest BCUT2D eigenvalue weighted by Crippen LogP contribution is -1.86. The number of aryl methyl sites for hydroxylation is 1. The number of aromatic nitrogens is 3. The first-order valence-corrected chi connectivity index (χ1v) is 4.20. The summed E-state index contributed by atoms with van der Waals surface area (Å²) in [6, 6.07) is 3.54.